The van der Waals surface area contributed by atoms with E-state index in [0.717, 1.165) is 16.7 Å². The Hall–Kier alpha value is -3.79. The lowest BCUT2D eigenvalue weighted by molar-refractivity contribution is 0.100. The zero-order chi connectivity index (χ0) is 20.7. The molecule has 2 aromatic rings. The van der Waals surface area contributed by atoms with Crippen LogP contribution in [0.2, 0.25) is 0 Å². The van der Waals surface area contributed by atoms with Crippen molar-refractivity contribution in [2.24, 2.45) is 16.5 Å². The van der Waals surface area contributed by atoms with Crippen LogP contribution in [0.5, 0.6) is 11.5 Å². The van der Waals surface area contributed by atoms with Gasteiger partial charge in [0.2, 0.25) is 0 Å². The molecule has 1 amide bonds. The van der Waals surface area contributed by atoms with Crippen molar-refractivity contribution < 1.29 is 14.3 Å². The standard InChI is InChI=1S/C19H16N4O3.C2H6/c1-25-17-8-11(10-20)2-4-14(17)13-6-7-26-16-5-3-12(9-15(13)16)18(24)23-19(21)22;1-2/h2-6,8-9H,7H2,1H3,(H4,21,22,23,24);1-2H3. The predicted molar refractivity (Wildman–Crippen MR) is 108 cm³/mol. The minimum Gasteiger partial charge on any atom is -0.496 e. The molecule has 0 aromatic heterocycles. The third-order valence-electron chi connectivity index (χ3n) is 3.89. The van der Waals surface area contributed by atoms with E-state index in [1.807, 2.05) is 26.0 Å². The summed E-state index contributed by atoms with van der Waals surface area (Å²) < 4.78 is 11.1. The average molecular weight is 378 g/mol. The lowest BCUT2D eigenvalue weighted by Gasteiger charge is -2.21. The van der Waals surface area contributed by atoms with E-state index in [0.29, 0.717) is 29.2 Å². The molecule has 0 fully saturated rings. The van der Waals surface area contributed by atoms with E-state index in [1.54, 1.807) is 37.4 Å². The van der Waals surface area contributed by atoms with Gasteiger partial charge in [-0.05, 0) is 48.0 Å². The van der Waals surface area contributed by atoms with Crippen LogP contribution in [0.4, 0.5) is 0 Å². The first-order valence-corrected chi connectivity index (χ1v) is 8.73. The van der Waals surface area contributed by atoms with Crippen molar-refractivity contribution in [2.75, 3.05) is 13.7 Å². The Labute approximate surface area is 163 Å². The predicted octanol–water partition coefficient (Wildman–Crippen LogP) is 2.83. The van der Waals surface area contributed by atoms with Gasteiger partial charge in [-0.1, -0.05) is 13.8 Å². The number of aliphatic imine (C=N–C) groups is 1. The highest BCUT2D eigenvalue weighted by molar-refractivity contribution is 6.03. The van der Waals surface area contributed by atoms with Gasteiger partial charge < -0.3 is 20.9 Å². The van der Waals surface area contributed by atoms with Crippen molar-refractivity contribution in [3.8, 4) is 17.6 Å². The summed E-state index contributed by atoms with van der Waals surface area (Å²) in [7, 11) is 1.54. The van der Waals surface area contributed by atoms with E-state index in [-0.39, 0.29) is 5.96 Å². The van der Waals surface area contributed by atoms with Crippen molar-refractivity contribution in [3.63, 3.8) is 0 Å². The summed E-state index contributed by atoms with van der Waals surface area (Å²) in [4.78, 5) is 15.7. The summed E-state index contributed by atoms with van der Waals surface area (Å²) in [5.41, 5.74) is 13.7. The molecule has 0 saturated carbocycles. The van der Waals surface area contributed by atoms with Gasteiger partial charge in [-0.15, -0.1) is 0 Å². The number of guanidine groups is 1. The van der Waals surface area contributed by atoms with Gasteiger partial charge in [0.15, 0.2) is 5.96 Å². The third kappa shape index (κ3) is 4.30. The molecule has 0 unspecified atom stereocenters. The molecule has 0 aliphatic carbocycles. The number of hydrogen-bond donors (Lipinski definition) is 2. The largest absolute Gasteiger partial charge is 0.496 e. The quantitative estimate of drug-likeness (QED) is 0.625. The van der Waals surface area contributed by atoms with E-state index >= 15 is 0 Å². The summed E-state index contributed by atoms with van der Waals surface area (Å²) in [6.07, 6.45) is 1.89. The molecule has 7 heteroatoms. The molecule has 7 nitrogen and oxygen atoms in total. The van der Waals surface area contributed by atoms with E-state index in [4.69, 9.17) is 26.2 Å². The number of methoxy groups -OCH3 is 1. The Morgan fingerprint density at radius 2 is 1.93 bits per heavy atom. The van der Waals surface area contributed by atoms with Gasteiger partial charge >= 0.3 is 0 Å². The van der Waals surface area contributed by atoms with Crippen LogP contribution in [0.1, 0.15) is 40.9 Å². The normalized spacial score (nSPS) is 11.4. The van der Waals surface area contributed by atoms with Crippen molar-refractivity contribution in [1.82, 2.24) is 0 Å². The summed E-state index contributed by atoms with van der Waals surface area (Å²) in [6, 6.07) is 12.3. The molecule has 1 aliphatic heterocycles. The highest BCUT2D eigenvalue weighted by Gasteiger charge is 2.20. The monoisotopic (exact) mass is 378 g/mol. The van der Waals surface area contributed by atoms with Crippen molar-refractivity contribution >= 4 is 17.4 Å². The van der Waals surface area contributed by atoms with Crippen molar-refractivity contribution in [1.29, 1.82) is 5.26 Å². The molecule has 4 N–H and O–H groups in total. The van der Waals surface area contributed by atoms with Crippen LogP contribution in [0.3, 0.4) is 0 Å². The van der Waals surface area contributed by atoms with Gasteiger partial charge in [-0.25, -0.2) is 0 Å². The molecule has 0 atom stereocenters. The Bertz CT molecular complexity index is 984. The molecule has 2 aromatic carbocycles. The zero-order valence-electron chi connectivity index (χ0n) is 16.0. The lowest BCUT2D eigenvalue weighted by Crippen LogP contribution is -2.24. The van der Waals surface area contributed by atoms with Gasteiger partial charge in [0.05, 0.1) is 18.7 Å². The highest BCUT2D eigenvalue weighted by atomic mass is 16.5. The van der Waals surface area contributed by atoms with Crippen molar-refractivity contribution in [2.45, 2.75) is 13.8 Å². The number of fused-ring (bicyclic) bond motifs is 1. The second-order valence-corrected chi connectivity index (χ2v) is 5.51. The maximum Gasteiger partial charge on any atom is 0.280 e. The second kappa shape index (κ2) is 9.24. The number of carbonyl (C=O) groups is 1. The summed E-state index contributed by atoms with van der Waals surface area (Å²) in [5, 5.41) is 9.08. The number of rotatable bonds is 3. The number of nitrogens with two attached hydrogens (primary N) is 2. The second-order valence-electron chi connectivity index (χ2n) is 5.51. The maximum absolute atomic E-state index is 12.1. The van der Waals surface area contributed by atoms with Crippen LogP contribution in [-0.4, -0.2) is 25.6 Å². The first-order valence-electron chi connectivity index (χ1n) is 8.73. The summed E-state index contributed by atoms with van der Waals surface area (Å²) in [5.74, 6) is 0.359. The molecule has 3 rings (SSSR count). The molecule has 0 bridgehead atoms. The molecule has 1 heterocycles. The summed E-state index contributed by atoms with van der Waals surface area (Å²) >= 11 is 0. The highest BCUT2D eigenvalue weighted by Crippen LogP contribution is 2.38. The lowest BCUT2D eigenvalue weighted by atomic mass is 9.92. The molecule has 28 heavy (non-hydrogen) atoms. The molecule has 1 aliphatic rings. The fourth-order valence-corrected chi connectivity index (χ4v) is 2.74. The molecule has 0 radical (unpaired) electrons. The van der Waals surface area contributed by atoms with Crippen LogP contribution in [0, 0.1) is 11.3 Å². The fraction of sp³-hybridized carbons (Fsp3) is 0.190. The van der Waals surface area contributed by atoms with Crippen LogP contribution in [0.25, 0.3) is 5.57 Å². The Morgan fingerprint density at radius 3 is 2.57 bits per heavy atom. The number of carbonyl (C=O) groups excluding carboxylic acids is 1. The first-order chi connectivity index (χ1) is 13.5. The minimum absolute atomic E-state index is 0.298. The van der Waals surface area contributed by atoms with Crippen LogP contribution in [0.15, 0.2) is 47.5 Å². The van der Waals surface area contributed by atoms with Crippen molar-refractivity contribution in [3.05, 3.63) is 64.7 Å². The number of amides is 1. The Balaban J connectivity index is 0.00000136. The van der Waals surface area contributed by atoms with Crippen LogP contribution < -0.4 is 20.9 Å². The van der Waals surface area contributed by atoms with Gasteiger partial charge in [0.25, 0.3) is 5.91 Å². The topological polar surface area (TPSA) is 124 Å². The smallest absolute Gasteiger partial charge is 0.280 e. The SMILES string of the molecule is CC.COc1cc(C#N)ccc1C1=CCOc2ccc(C(=O)N=C(N)N)cc21. The first kappa shape index (κ1) is 20.5. The number of hydrogen-bond acceptors (Lipinski definition) is 4. The van der Waals surface area contributed by atoms with Gasteiger partial charge in [-0.2, -0.15) is 10.3 Å². The van der Waals surface area contributed by atoms with E-state index < -0.39 is 5.91 Å². The fourth-order valence-electron chi connectivity index (χ4n) is 2.74. The van der Waals surface area contributed by atoms with Crippen LogP contribution in [-0.2, 0) is 0 Å². The third-order valence-corrected chi connectivity index (χ3v) is 3.89. The minimum atomic E-state index is -0.537. The molecule has 144 valence electrons. The van der Waals surface area contributed by atoms with Crippen LogP contribution >= 0.6 is 0 Å². The van der Waals surface area contributed by atoms with E-state index in [9.17, 15) is 4.79 Å². The molecule has 0 saturated heterocycles. The van der Waals surface area contributed by atoms with E-state index in [1.165, 1.54) is 0 Å². The average Bonchev–Trinajstić information content (AvgIpc) is 2.73. The summed E-state index contributed by atoms with van der Waals surface area (Å²) in [6.45, 7) is 4.38. The number of nitriles is 1. The molecular weight excluding hydrogens is 356 g/mol. The van der Waals surface area contributed by atoms with Gasteiger partial charge in [-0.3, -0.25) is 4.79 Å². The maximum atomic E-state index is 12.1. The number of ether oxygens (including phenoxy) is 2. The van der Waals surface area contributed by atoms with Gasteiger partial charge in [0.1, 0.15) is 18.1 Å². The Morgan fingerprint density at radius 1 is 1.18 bits per heavy atom. The van der Waals surface area contributed by atoms with Gasteiger partial charge in [0, 0.05) is 16.7 Å². The van der Waals surface area contributed by atoms with E-state index in [2.05, 4.69) is 11.1 Å². The Kier molecular flexibility index (Phi) is 6.77. The number of nitrogens with zero attached hydrogens (tertiary/aromatic N) is 2. The molecular formula is C21H22N4O3. The molecule has 0 spiro atoms. The zero-order valence-corrected chi connectivity index (χ0v) is 16.0. The number of benzene rings is 2.